The van der Waals surface area contributed by atoms with Gasteiger partial charge in [-0.1, -0.05) is 6.92 Å². The molecule has 0 heterocycles. The second kappa shape index (κ2) is 7.53. The van der Waals surface area contributed by atoms with Gasteiger partial charge in [-0.15, -0.1) is 0 Å². The van der Waals surface area contributed by atoms with Crippen LogP contribution in [0.1, 0.15) is 59.8 Å². The van der Waals surface area contributed by atoms with Crippen LogP contribution in [-0.4, -0.2) is 35.0 Å². The molecule has 0 spiro atoms. The van der Waals surface area contributed by atoms with Crippen molar-refractivity contribution in [3.63, 3.8) is 0 Å². The number of amides is 1. The number of carbonyl (C=O) groups is 1. The highest BCUT2D eigenvalue weighted by Gasteiger charge is 2.26. The lowest BCUT2D eigenvalue weighted by Gasteiger charge is -2.32. The first kappa shape index (κ1) is 16.8. The van der Waals surface area contributed by atoms with Crippen molar-refractivity contribution < 1.29 is 4.79 Å². The highest BCUT2D eigenvalue weighted by atomic mass is 32.2. The van der Waals surface area contributed by atoms with E-state index in [1.165, 1.54) is 25.7 Å². The Morgan fingerprint density at radius 1 is 1.32 bits per heavy atom. The molecule has 0 aromatic heterocycles. The fourth-order valence-corrected chi connectivity index (χ4v) is 3.17. The minimum absolute atomic E-state index is 0.0957. The molecule has 19 heavy (non-hydrogen) atoms. The molecule has 4 heteroatoms. The Kier molecular flexibility index (Phi) is 6.67. The smallest absolute Gasteiger partial charge is 0.237 e. The molecular formula is C15H30N2OS. The van der Waals surface area contributed by atoms with Crippen LogP contribution in [0.15, 0.2) is 0 Å². The van der Waals surface area contributed by atoms with Gasteiger partial charge >= 0.3 is 0 Å². The molecule has 1 aliphatic carbocycles. The van der Waals surface area contributed by atoms with E-state index < -0.39 is 0 Å². The van der Waals surface area contributed by atoms with Gasteiger partial charge in [-0.05, 0) is 59.1 Å². The monoisotopic (exact) mass is 286 g/mol. The SMILES string of the molecule is CCC(C)(C)NC(=O)C(C)NC1CCC(SC)CC1. The maximum absolute atomic E-state index is 12.1. The van der Waals surface area contributed by atoms with E-state index >= 15 is 0 Å². The van der Waals surface area contributed by atoms with Crippen molar-refractivity contribution in [3.05, 3.63) is 0 Å². The molecule has 1 saturated carbocycles. The van der Waals surface area contributed by atoms with Crippen molar-refractivity contribution in [3.8, 4) is 0 Å². The van der Waals surface area contributed by atoms with Gasteiger partial charge in [-0.25, -0.2) is 0 Å². The summed E-state index contributed by atoms with van der Waals surface area (Å²) >= 11 is 1.98. The average molecular weight is 286 g/mol. The first-order chi connectivity index (χ1) is 8.88. The molecule has 0 aliphatic heterocycles. The number of rotatable bonds is 6. The molecular weight excluding hydrogens is 256 g/mol. The van der Waals surface area contributed by atoms with Crippen molar-refractivity contribution in [1.29, 1.82) is 0 Å². The number of nitrogens with one attached hydrogen (secondary N) is 2. The van der Waals surface area contributed by atoms with Gasteiger partial charge in [-0.3, -0.25) is 4.79 Å². The minimum Gasteiger partial charge on any atom is -0.350 e. The van der Waals surface area contributed by atoms with Crippen LogP contribution < -0.4 is 10.6 Å². The third kappa shape index (κ3) is 5.74. The van der Waals surface area contributed by atoms with Crippen LogP contribution in [0.2, 0.25) is 0 Å². The topological polar surface area (TPSA) is 41.1 Å². The summed E-state index contributed by atoms with van der Waals surface area (Å²) in [7, 11) is 0. The van der Waals surface area contributed by atoms with Gasteiger partial charge in [0.2, 0.25) is 5.91 Å². The molecule has 1 unspecified atom stereocenters. The summed E-state index contributed by atoms with van der Waals surface area (Å²) in [5.74, 6) is 0.124. The zero-order valence-electron chi connectivity index (χ0n) is 13.1. The Bertz CT molecular complexity index is 286. The molecule has 1 fully saturated rings. The third-order valence-corrected chi connectivity index (χ3v) is 5.37. The zero-order valence-corrected chi connectivity index (χ0v) is 13.9. The molecule has 1 amide bonds. The zero-order chi connectivity index (χ0) is 14.5. The predicted molar refractivity (Wildman–Crippen MR) is 84.7 cm³/mol. The van der Waals surface area contributed by atoms with E-state index in [9.17, 15) is 4.79 Å². The van der Waals surface area contributed by atoms with Crippen molar-refractivity contribution in [1.82, 2.24) is 10.6 Å². The molecule has 0 saturated heterocycles. The number of hydrogen-bond donors (Lipinski definition) is 2. The maximum Gasteiger partial charge on any atom is 0.237 e. The number of thioether (sulfide) groups is 1. The molecule has 112 valence electrons. The summed E-state index contributed by atoms with van der Waals surface area (Å²) in [4.78, 5) is 12.1. The van der Waals surface area contributed by atoms with Crippen LogP contribution in [-0.2, 0) is 4.79 Å². The van der Waals surface area contributed by atoms with Crippen LogP contribution in [0, 0.1) is 0 Å². The first-order valence-electron chi connectivity index (χ1n) is 7.49. The first-order valence-corrected chi connectivity index (χ1v) is 8.77. The van der Waals surface area contributed by atoms with E-state index in [4.69, 9.17) is 0 Å². The second-order valence-electron chi connectivity index (χ2n) is 6.32. The van der Waals surface area contributed by atoms with Gasteiger partial charge in [0.05, 0.1) is 6.04 Å². The van der Waals surface area contributed by atoms with Gasteiger partial charge in [-0.2, -0.15) is 11.8 Å². The lowest BCUT2D eigenvalue weighted by molar-refractivity contribution is -0.124. The van der Waals surface area contributed by atoms with E-state index in [1.54, 1.807) is 0 Å². The van der Waals surface area contributed by atoms with E-state index in [2.05, 4.69) is 37.7 Å². The summed E-state index contributed by atoms with van der Waals surface area (Å²) in [5.41, 5.74) is -0.108. The Balaban J connectivity index is 2.34. The lowest BCUT2D eigenvalue weighted by atomic mass is 9.94. The fourth-order valence-electron chi connectivity index (χ4n) is 2.42. The van der Waals surface area contributed by atoms with Crippen molar-refractivity contribution in [2.45, 2.75) is 82.7 Å². The minimum atomic E-state index is -0.108. The molecule has 0 bridgehead atoms. The van der Waals surface area contributed by atoms with Gasteiger partial charge in [0.25, 0.3) is 0 Å². The normalized spacial score (nSPS) is 25.9. The summed E-state index contributed by atoms with van der Waals surface area (Å²) in [6, 6.07) is 0.413. The van der Waals surface area contributed by atoms with Gasteiger partial charge < -0.3 is 10.6 Å². The van der Waals surface area contributed by atoms with Gasteiger partial charge in [0.1, 0.15) is 0 Å². The molecule has 3 nitrogen and oxygen atoms in total. The van der Waals surface area contributed by atoms with E-state index in [1.807, 2.05) is 18.7 Å². The van der Waals surface area contributed by atoms with Crippen LogP contribution >= 0.6 is 11.8 Å². The van der Waals surface area contributed by atoms with Crippen molar-refractivity contribution in [2.75, 3.05) is 6.26 Å². The van der Waals surface area contributed by atoms with Crippen LogP contribution in [0.4, 0.5) is 0 Å². The Hall–Kier alpha value is -0.220. The Morgan fingerprint density at radius 3 is 2.37 bits per heavy atom. The van der Waals surface area contributed by atoms with Crippen LogP contribution in [0.5, 0.6) is 0 Å². The molecule has 2 N–H and O–H groups in total. The van der Waals surface area contributed by atoms with Crippen molar-refractivity contribution in [2.24, 2.45) is 0 Å². The molecule has 1 rings (SSSR count). The van der Waals surface area contributed by atoms with Gasteiger partial charge in [0.15, 0.2) is 0 Å². The van der Waals surface area contributed by atoms with Gasteiger partial charge in [0, 0.05) is 16.8 Å². The summed E-state index contributed by atoms with van der Waals surface area (Å²) in [6.45, 7) is 8.21. The lowest BCUT2D eigenvalue weighted by Crippen LogP contribution is -2.53. The molecule has 0 aromatic carbocycles. The molecule has 0 aromatic rings. The average Bonchev–Trinajstić information content (AvgIpc) is 2.39. The molecule has 1 atom stereocenters. The second-order valence-corrected chi connectivity index (χ2v) is 7.46. The highest BCUT2D eigenvalue weighted by molar-refractivity contribution is 7.99. The largest absolute Gasteiger partial charge is 0.350 e. The Labute approximate surface area is 122 Å². The predicted octanol–water partition coefficient (Wildman–Crippen LogP) is 2.94. The standard InChI is InChI=1S/C15H30N2OS/c1-6-15(3,4)17-14(18)11(2)16-12-7-9-13(19-5)10-8-12/h11-13,16H,6-10H2,1-5H3,(H,17,18). The Morgan fingerprint density at radius 2 is 1.89 bits per heavy atom. The number of hydrogen-bond acceptors (Lipinski definition) is 3. The van der Waals surface area contributed by atoms with Crippen LogP contribution in [0.3, 0.4) is 0 Å². The number of carbonyl (C=O) groups excluding carboxylic acids is 1. The van der Waals surface area contributed by atoms with E-state index in [0.717, 1.165) is 11.7 Å². The maximum atomic E-state index is 12.1. The summed E-state index contributed by atoms with van der Waals surface area (Å²) in [6.07, 6.45) is 8.08. The third-order valence-electron chi connectivity index (χ3n) is 4.23. The summed E-state index contributed by atoms with van der Waals surface area (Å²) in [5, 5.41) is 7.42. The van der Waals surface area contributed by atoms with Crippen molar-refractivity contribution >= 4 is 17.7 Å². The van der Waals surface area contributed by atoms with Crippen LogP contribution in [0.25, 0.3) is 0 Å². The van der Waals surface area contributed by atoms with E-state index in [-0.39, 0.29) is 17.5 Å². The summed E-state index contributed by atoms with van der Waals surface area (Å²) < 4.78 is 0. The molecule has 1 aliphatic rings. The van der Waals surface area contributed by atoms with E-state index in [0.29, 0.717) is 6.04 Å². The highest BCUT2D eigenvalue weighted by Crippen LogP contribution is 2.27. The quantitative estimate of drug-likeness (QED) is 0.789. The molecule has 0 radical (unpaired) electrons. The fraction of sp³-hybridized carbons (Fsp3) is 0.933.